The molecule has 0 saturated carbocycles. The molecule has 2 aromatic rings. The van der Waals surface area contributed by atoms with Crippen molar-refractivity contribution in [1.82, 2.24) is 15.0 Å². The molecule has 0 bridgehead atoms. The molecular weight excluding hydrogens is 243 g/mol. The van der Waals surface area contributed by atoms with Crippen LogP contribution in [0.15, 0.2) is 30.7 Å². The van der Waals surface area contributed by atoms with Crippen LogP contribution in [0.4, 0.5) is 10.2 Å². The van der Waals surface area contributed by atoms with Gasteiger partial charge >= 0.3 is 0 Å². The van der Waals surface area contributed by atoms with Gasteiger partial charge in [0, 0.05) is 30.9 Å². The second-order valence-electron chi connectivity index (χ2n) is 4.78. The number of hydrogen-bond acceptors (Lipinski definition) is 4. The van der Waals surface area contributed by atoms with Crippen molar-refractivity contribution in [3.63, 3.8) is 0 Å². The molecule has 98 valence electrons. The molecule has 4 nitrogen and oxygen atoms in total. The topological polar surface area (TPSA) is 41.9 Å². The maximum absolute atomic E-state index is 14.0. The van der Waals surface area contributed by atoms with Crippen LogP contribution in [0.5, 0.6) is 0 Å². The quantitative estimate of drug-likeness (QED) is 0.829. The van der Waals surface area contributed by atoms with E-state index < -0.39 is 0 Å². The molecule has 0 N–H and O–H groups in total. The first kappa shape index (κ1) is 12.0. The van der Waals surface area contributed by atoms with Crippen molar-refractivity contribution in [3.05, 3.63) is 47.9 Å². The summed E-state index contributed by atoms with van der Waals surface area (Å²) in [7, 11) is 0. The van der Waals surface area contributed by atoms with E-state index in [1.165, 1.54) is 6.33 Å². The first-order valence-corrected chi connectivity index (χ1v) is 6.38. The Morgan fingerprint density at radius 3 is 2.95 bits per heavy atom. The van der Waals surface area contributed by atoms with Gasteiger partial charge in [0.1, 0.15) is 6.33 Å². The Balaban J connectivity index is 1.81. The second kappa shape index (κ2) is 4.91. The highest BCUT2D eigenvalue weighted by atomic mass is 19.1. The van der Waals surface area contributed by atoms with E-state index in [-0.39, 0.29) is 5.82 Å². The maximum atomic E-state index is 14.0. The Morgan fingerprint density at radius 2 is 2.16 bits per heavy atom. The predicted molar refractivity (Wildman–Crippen MR) is 70.5 cm³/mol. The van der Waals surface area contributed by atoms with Crippen LogP contribution in [0, 0.1) is 12.7 Å². The Hall–Kier alpha value is -2.04. The van der Waals surface area contributed by atoms with Gasteiger partial charge in [0.05, 0.1) is 5.69 Å². The van der Waals surface area contributed by atoms with Crippen molar-refractivity contribution in [2.75, 3.05) is 18.0 Å². The van der Waals surface area contributed by atoms with E-state index in [9.17, 15) is 4.39 Å². The zero-order valence-electron chi connectivity index (χ0n) is 10.8. The number of halogens is 1. The molecule has 0 amide bonds. The first-order chi connectivity index (χ1) is 9.25. The van der Waals surface area contributed by atoms with Gasteiger partial charge in [0.2, 0.25) is 0 Å². The highest BCUT2D eigenvalue weighted by Gasteiger charge is 2.27. The van der Waals surface area contributed by atoms with Gasteiger partial charge in [-0.05, 0) is 25.5 Å². The summed E-state index contributed by atoms with van der Waals surface area (Å²) in [6.45, 7) is 3.21. The average Bonchev–Trinajstić information content (AvgIpc) is 2.92. The van der Waals surface area contributed by atoms with Crippen LogP contribution in [-0.2, 0) is 0 Å². The fraction of sp³-hybridized carbons (Fsp3) is 0.357. The van der Waals surface area contributed by atoms with Gasteiger partial charge in [-0.15, -0.1) is 0 Å². The number of aryl methyl sites for hydroxylation is 1. The molecule has 1 saturated heterocycles. The zero-order valence-corrected chi connectivity index (χ0v) is 10.8. The molecule has 0 radical (unpaired) electrons. The van der Waals surface area contributed by atoms with Crippen molar-refractivity contribution >= 4 is 5.82 Å². The summed E-state index contributed by atoms with van der Waals surface area (Å²) in [6.07, 6.45) is 4.19. The second-order valence-corrected chi connectivity index (χ2v) is 4.78. The summed E-state index contributed by atoms with van der Waals surface area (Å²) in [4.78, 5) is 14.3. The highest BCUT2D eigenvalue weighted by Crippen LogP contribution is 2.30. The molecule has 2 aromatic heterocycles. The number of rotatable bonds is 2. The lowest BCUT2D eigenvalue weighted by molar-refractivity contribution is 0.595. The third kappa shape index (κ3) is 2.28. The molecule has 1 aliphatic heterocycles. The van der Waals surface area contributed by atoms with E-state index in [1.807, 2.05) is 23.1 Å². The Kier molecular flexibility index (Phi) is 3.11. The van der Waals surface area contributed by atoms with Gasteiger partial charge in [0.15, 0.2) is 11.6 Å². The highest BCUT2D eigenvalue weighted by molar-refractivity contribution is 5.43. The molecule has 0 aliphatic carbocycles. The number of nitrogens with zero attached hydrogens (tertiary/aromatic N) is 4. The lowest BCUT2D eigenvalue weighted by Gasteiger charge is -2.18. The molecule has 1 unspecified atom stereocenters. The lowest BCUT2D eigenvalue weighted by Crippen LogP contribution is -2.22. The van der Waals surface area contributed by atoms with Gasteiger partial charge in [-0.3, -0.25) is 4.98 Å². The molecule has 1 aliphatic rings. The summed E-state index contributed by atoms with van der Waals surface area (Å²) in [5, 5.41) is 0. The van der Waals surface area contributed by atoms with Gasteiger partial charge in [-0.1, -0.05) is 6.07 Å². The molecule has 0 spiro atoms. The standard InChI is InChI=1S/C14H15FN4/c1-10-13(15)14(18-9-17-10)19-7-5-11(8-19)12-4-2-3-6-16-12/h2-4,6,9,11H,5,7-8H2,1H3. The molecule has 1 fully saturated rings. The molecule has 5 heteroatoms. The van der Waals surface area contributed by atoms with Crippen molar-refractivity contribution in [3.8, 4) is 0 Å². The van der Waals surface area contributed by atoms with Gasteiger partial charge < -0.3 is 4.90 Å². The van der Waals surface area contributed by atoms with Crippen LogP contribution in [-0.4, -0.2) is 28.0 Å². The van der Waals surface area contributed by atoms with Crippen LogP contribution in [0.3, 0.4) is 0 Å². The molecule has 0 aromatic carbocycles. The summed E-state index contributed by atoms with van der Waals surface area (Å²) in [5.74, 6) is 0.436. The molecule has 3 heterocycles. The summed E-state index contributed by atoms with van der Waals surface area (Å²) >= 11 is 0. The van der Waals surface area contributed by atoms with E-state index in [1.54, 1.807) is 13.1 Å². The SMILES string of the molecule is Cc1ncnc(N2CCC(c3ccccn3)C2)c1F. The van der Waals surface area contributed by atoms with Crippen molar-refractivity contribution < 1.29 is 4.39 Å². The summed E-state index contributed by atoms with van der Waals surface area (Å²) in [6, 6.07) is 5.92. The minimum atomic E-state index is -0.316. The Morgan fingerprint density at radius 1 is 1.26 bits per heavy atom. The molecule has 3 rings (SSSR count). The minimum Gasteiger partial charge on any atom is -0.353 e. The van der Waals surface area contributed by atoms with Gasteiger partial charge in [-0.2, -0.15) is 0 Å². The van der Waals surface area contributed by atoms with Gasteiger partial charge in [0.25, 0.3) is 0 Å². The number of hydrogen-bond donors (Lipinski definition) is 0. The smallest absolute Gasteiger partial charge is 0.186 e. The predicted octanol–water partition coefficient (Wildman–Crippen LogP) is 2.31. The first-order valence-electron chi connectivity index (χ1n) is 6.38. The van der Waals surface area contributed by atoms with Crippen LogP contribution in [0.1, 0.15) is 23.7 Å². The van der Waals surface area contributed by atoms with Crippen molar-refractivity contribution in [2.45, 2.75) is 19.3 Å². The molecular formula is C14H15FN4. The minimum absolute atomic E-state index is 0.316. The number of pyridine rings is 1. The molecule has 19 heavy (non-hydrogen) atoms. The number of aromatic nitrogens is 3. The Labute approximate surface area is 111 Å². The van der Waals surface area contributed by atoms with E-state index in [0.29, 0.717) is 17.4 Å². The fourth-order valence-corrected chi connectivity index (χ4v) is 2.48. The number of anilines is 1. The largest absolute Gasteiger partial charge is 0.353 e. The fourth-order valence-electron chi connectivity index (χ4n) is 2.48. The van der Waals surface area contributed by atoms with E-state index in [0.717, 1.165) is 25.2 Å². The zero-order chi connectivity index (χ0) is 13.2. The molecule has 1 atom stereocenters. The average molecular weight is 258 g/mol. The van der Waals surface area contributed by atoms with Gasteiger partial charge in [-0.25, -0.2) is 14.4 Å². The normalized spacial score (nSPS) is 18.8. The van der Waals surface area contributed by atoms with E-state index in [4.69, 9.17) is 0 Å². The van der Waals surface area contributed by atoms with Crippen molar-refractivity contribution in [2.24, 2.45) is 0 Å². The van der Waals surface area contributed by atoms with Crippen molar-refractivity contribution in [1.29, 1.82) is 0 Å². The van der Waals surface area contributed by atoms with Crippen LogP contribution in [0.25, 0.3) is 0 Å². The van der Waals surface area contributed by atoms with Crippen LogP contribution < -0.4 is 4.90 Å². The third-order valence-corrected chi connectivity index (χ3v) is 3.54. The monoisotopic (exact) mass is 258 g/mol. The third-order valence-electron chi connectivity index (χ3n) is 3.54. The lowest BCUT2D eigenvalue weighted by atomic mass is 10.0. The summed E-state index contributed by atoms with van der Waals surface area (Å²) < 4.78 is 14.0. The van der Waals surface area contributed by atoms with E-state index >= 15 is 0 Å². The van der Waals surface area contributed by atoms with Crippen LogP contribution >= 0.6 is 0 Å². The Bertz CT molecular complexity index is 573. The summed E-state index contributed by atoms with van der Waals surface area (Å²) in [5.41, 5.74) is 1.46. The maximum Gasteiger partial charge on any atom is 0.186 e. The van der Waals surface area contributed by atoms with E-state index in [2.05, 4.69) is 15.0 Å². The van der Waals surface area contributed by atoms with Crippen LogP contribution in [0.2, 0.25) is 0 Å².